The van der Waals surface area contributed by atoms with E-state index >= 15 is 0 Å². The number of aromatic nitrogens is 2. The zero-order valence-electron chi connectivity index (χ0n) is 18.0. The largest absolute Gasteiger partial charge is 0.415 e. The van der Waals surface area contributed by atoms with Gasteiger partial charge in [-0.05, 0) is 42.7 Å². The summed E-state index contributed by atoms with van der Waals surface area (Å²) in [7, 11) is 0. The van der Waals surface area contributed by atoms with E-state index in [0.717, 1.165) is 31.2 Å². The quantitative estimate of drug-likeness (QED) is 0.546. The van der Waals surface area contributed by atoms with E-state index in [1.165, 1.54) is 0 Å². The second-order valence-corrected chi connectivity index (χ2v) is 8.87. The summed E-state index contributed by atoms with van der Waals surface area (Å²) in [6.45, 7) is 0.406. The standard InChI is InChI=1S/C24H21ClF2N4O3/c25-17-6-2-1-5-15(17)21(32)28-18-7-3-4-8-19(18)31-12-14-10-9-13(11-16(14)24(31)33)22-29-30-23(34-22)20(26)27/h1-2,5-6,9-11,18-20H,3-4,7-8,12H2,(H,28,32)/t18-,19-/m1/s1. The van der Waals surface area contributed by atoms with Crippen LogP contribution in [0.3, 0.4) is 0 Å². The molecule has 2 amide bonds. The highest BCUT2D eigenvalue weighted by Crippen LogP contribution is 2.34. The highest BCUT2D eigenvalue weighted by atomic mass is 35.5. The van der Waals surface area contributed by atoms with Crippen LogP contribution in [0.5, 0.6) is 0 Å². The van der Waals surface area contributed by atoms with Crippen LogP contribution < -0.4 is 5.32 Å². The molecule has 1 aliphatic heterocycles. The van der Waals surface area contributed by atoms with Crippen molar-refractivity contribution >= 4 is 23.4 Å². The Morgan fingerprint density at radius 1 is 1.15 bits per heavy atom. The molecule has 2 heterocycles. The van der Waals surface area contributed by atoms with Crippen molar-refractivity contribution < 1.29 is 22.8 Å². The van der Waals surface area contributed by atoms with Gasteiger partial charge in [-0.15, -0.1) is 10.2 Å². The van der Waals surface area contributed by atoms with Crippen LogP contribution in [0.2, 0.25) is 5.02 Å². The molecule has 2 aliphatic rings. The minimum Gasteiger partial charge on any atom is -0.415 e. The Morgan fingerprint density at radius 3 is 2.71 bits per heavy atom. The van der Waals surface area contributed by atoms with Crippen LogP contribution in [0.1, 0.15) is 64.3 Å². The number of hydrogen-bond donors (Lipinski definition) is 1. The van der Waals surface area contributed by atoms with Gasteiger partial charge in [-0.25, -0.2) is 0 Å². The van der Waals surface area contributed by atoms with Crippen LogP contribution in [0.4, 0.5) is 8.78 Å². The Morgan fingerprint density at radius 2 is 1.94 bits per heavy atom. The first-order chi connectivity index (χ1) is 16.4. The van der Waals surface area contributed by atoms with Crippen molar-refractivity contribution in [2.24, 2.45) is 0 Å². The lowest BCUT2D eigenvalue weighted by molar-refractivity contribution is 0.0582. The Kier molecular flexibility index (Phi) is 6.03. The maximum Gasteiger partial charge on any atom is 0.314 e. The summed E-state index contributed by atoms with van der Waals surface area (Å²) in [5.41, 5.74) is 2.10. The Labute approximate surface area is 199 Å². The summed E-state index contributed by atoms with van der Waals surface area (Å²) in [6, 6.07) is 11.5. The highest BCUT2D eigenvalue weighted by Gasteiger charge is 2.39. The zero-order valence-corrected chi connectivity index (χ0v) is 18.8. The molecule has 0 bridgehead atoms. The van der Waals surface area contributed by atoms with Gasteiger partial charge in [0.2, 0.25) is 5.89 Å². The predicted molar refractivity (Wildman–Crippen MR) is 120 cm³/mol. The van der Waals surface area contributed by atoms with Crippen LogP contribution in [-0.4, -0.2) is 39.0 Å². The van der Waals surface area contributed by atoms with Crippen molar-refractivity contribution in [3.63, 3.8) is 0 Å². The third kappa shape index (κ3) is 4.16. The SMILES string of the molecule is O=C(N[C@@H]1CCCC[C@H]1N1Cc2ccc(-c3nnc(C(F)F)o3)cc2C1=O)c1ccccc1Cl. The number of hydrogen-bond acceptors (Lipinski definition) is 5. The molecule has 0 radical (unpaired) electrons. The topological polar surface area (TPSA) is 88.3 Å². The lowest BCUT2D eigenvalue weighted by atomic mass is 9.89. The van der Waals surface area contributed by atoms with Gasteiger partial charge in [0, 0.05) is 23.7 Å². The Hall–Kier alpha value is -3.33. The second-order valence-electron chi connectivity index (χ2n) is 8.46. The molecule has 0 spiro atoms. The number of benzene rings is 2. The first-order valence-corrected chi connectivity index (χ1v) is 11.4. The zero-order chi connectivity index (χ0) is 23.8. The molecule has 0 unspecified atom stereocenters. The van der Waals surface area contributed by atoms with Crippen molar-refractivity contribution in [1.82, 2.24) is 20.4 Å². The average molecular weight is 487 g/mol. The lowest BCUT2D eigenvalue weighted by Gasteiger charge is -2.38. The maximum atomic E-state index is 13.4. The fourth-order valence-electron chi connectivity index (χ4n) is 4.71. The summed E-state index contributed by atoms with van der Waals surface area (Å²) < 4.78 is 30.6. The number of carbonyl (C=O) groups is 2. The van der Waals surface area contributed by atoms with Crippen molar-refractivity contribution in [1.29, 1.82) is 0 Å². The number of carbonyl (C=O) groups excluding carboxylic acids is 2. The van der Waals surface area contributed by atoms with Crippen molar-refractivity contribution in [2.75, 3.05) is 0 Å². The molecule has 1 saturated carbocycles. The highest BCUT2D eigenvalue weighted by molar-refractivity contribution is 6.33. The Bertz CT molecular complexity index is 1250. The number of nitrogens with zero attached hydrogens (tertiary/aromatic N) is 3. The van der Waals surface area contributed by atoms with E-state index in [4.69, 9.17) is 16.0 Å². The van der Waals surface area contributed by atoms with E-state index in [9.17, 15) is 18.4 Å². The molecule has 1 aromatic heterocycles. The molecule has 1 fully saturated rings. The average Bonchev–Trinajstić information content (AvgIpc) is 3.45. The van der Waals surface area contributed by atoms with E-state index in [2.05, 4.69) is 15.5 Å². The van der Waals surface area contributed by atoms with Crippen molar-refractivity contribution in [3.8, 4) is 11.5 Å². The second kappa shape index (κ2) is 9.13. The number of halogens is 3. The van der Waals surface area contributed by atoms with Gasteiger partial charge in [0.25, 0.3) is 17.7 Å². The van der Waals surface area contributed by atoms with E-state index in [1.807, 2.05) is 0 Å². The van der Waals surface area contributed by atoms with Crippen LogP contribution in [0.25, 0.3) is 11.5 Å². The minimum absolute atomic E-state index is 0.0631. The Balaban J connectivity index is 1.36. The van der Waals surface area contributed by atoms with Gasteiger partial charge >= 0.3 is 6.43 Å². The molecule has 10 heteroatoms. The summed E-state index contributed by atoms with van der Waals surface area (Å²) in [6.07, 6.45) is 0.558. The fraction of sp³-hybridized carbons (Fsp3) is 0.333. The van der Waals surface area contributed by atoms with Gasteiger partial charge in [0.15, 0.2) is 0 Å². The van der Waals surface area contributed by atoms with E-state index in [-0.39, 0.29) is 29.8 Å². The van der Waals surface area contributed by atoms with E-state index in [1.54, 1.807) is 47.4 Å². The van der Waals surface area contributed by atoms with Gasteiger partial charge in [0.05, 0.1) is 16.6 Å². The molecule has 3 aromatic rings. The monoisotopic (exact) mass is 486 g/mol. The van der Waals surface area contributed by atoms with Gasteiger partial charge in [0.1, 0.15) is 0 Å². The smallest absolute Gasteiger partial charge is 0.314 e. The molecule has 5 rings (SSSR count). The minimum atomic E-state index is -2.86. The molecule has 2 atom stereocenters. The van der Waals surface area contributed by atoms with E-state index < -0.39 is 12.3 Å². The van der Waals surface area contributed by atoms with Gasteiger partial charge in [-0.1, -0.05) is 42.6 Å². The van der Waals surface area contributed by atoms with Crippen LogP contribution >= 0.6 is 11.6 Å². The molecular formula is C24H21ClF2N4O3. The number of nitrogens with one attached hydrogen (secondary N) is 1. The number of rotatable bonds is 5. The van der Waals surface area contributed by atoms with Crippen LogP contribution in [0, 0.1) is 0 Å². The number of amides is 2. The predicted octanol–water partition coefficient (Wildman–Crippen LogP) is 5.02. The molecule has 2 aromatic carbocycles. The summed E-state index contributed by atoms with van der Waals surface area (Å²) in [5.74, 6) is -1.26. The first kappa shape index (κ1) is 22.5. The number of fused-ring (bicyclic) bond motifs is 1. The van der Waals surface area contributed by atoms with E-state index in [0.29, 0.717) is 28.3 Å². The third-order valence-electron chi connectivity index (χ3n) is 6.38. The third-order valence-corrected chi connectivity index (χ3v) is 6.71. The molecule has 1 aliphatic carbocycles. The molecule has 176 valence electrons. The van der Waals surface area contributed by atoms with Gasteiger partial charge in [-0.3, -0.25) is 9.59 Å². The van der Waals surface area contributed by atoms with Crippen LogP contribution in [0.15, 0.2) is 46.9 Å². The summed E-state index contributed by atoms with van der Waals surface area (Å²) in [5, 5.41) is 10.5. The van der Waals surface area contributed by atoms with Crippen LogP contribution in [-0.2, 0) is 6.54 Å². The fourth-order valence-corrected chi connectivity index (χ4v) is 4.93. The van der Waals surface area contributed by atoms with Gasteiger partial charge in [-0.2, -0.15) is 8.78 Å². The first-order valence-electron chi connectivity index (χ1n) is 11.0. The molecule has 0 saturated heterocycles. The lowest BCUT2D eigenvalue weighted by Crippen LogP contribution is -2.53. The van der Waals surface area contributed by atoms with Crippen molar-refractivity contribution in [3.05, 3.63) is 70.1 Å². The van der Waals surface area contributed by atoms with Gasteiger partial charge < -0.3 is 14.6 Å². The normalized spacial score (nSPS) is 20.0. The maximum absolute atomic E-state index is 13.4. The molecule has 34 heavy (non-hydrogen) atoms. The molecule has 1 N–H and O–H groups in total. The van der Waals surface area contributed by atoms with Crippen molar-refractivity contribution in [2.45, 2.75) is 50.7 Å². The molecule has 7 nitrogen and oxygen atoms in total. The molecular weight excluding hydrogens is 466 g/mol. The summed E-state index contributed by atoms with van der Waals surface area (Å²) in [4.78, 5) is 28.0. The number of alkyl halides is 2. The summed E-state index contributed by atoms with van der Waals surface area (Å²) >= 11 is 6.18.